The minimum atomic E-state index is 0.518. The van der Waals surface area contributed by atoms with Crippen LogP contribution in [0.1, 0.15) is 4.88 Å². The van der Waals surface area contributed by atoms with Gasteiger partial charge in [-0.05, 0) is 6.07 Å². The van der Waals surface area contributed by atoms with Gasteiger partial charge < -0.3 is 0 Å². The van der Waals surface area contributed by atoms with E-state index in [1.54, 1.807) is 22.2 Å². The van der Waals surface area contributed by atoms with Gasteiger partial charge in [0, 0.05) is 24.3 Å². The maximum absolute atomic E-state index is 5.68. The van der Waals surface area contributed by atoms with Gasteiger partial charge in [0.1, 0.15) is 10.7 Å². The van der Waals surface area contributed by atoms with E-state index in [0.717, 1.165) is 15.6 Å². The summed E-state index contributed by atoms with van der Waals surface area (Å²) in [6.07, 6.45) is 3.69. The molecule has 2 heterocycles. The Morgan fingerprint density at radius 3 is 3.00 bits per heavy atom. The second-order valence-electron chi connectivity index (χ2n) is 2.64. The third-order valence-electron chi connectivity index (χ3n) is 1.62. The van der Waals surface area contributed by atoms with Crippen LogP contribution in [0.4, 0.5) is 0 Å². The van der Waals surface area contributed by atoms with Crippen LogP contribution in [0, 0.1) is 0 Å². The van der Waals surface area contributed by atoms with Crippen molar-refractivity contribution in [2.45, 2.75) is 5.88 Å². The minimum absolute atomic E-state index is 0.518. The molecule has 0 saturated heterocycles. The van der Waals surface area contributed by atoms with Gasteiger partial charge in [0.25, 0.3) is 0 Å². The number of aromatic nitrogens is 3. The summed E-state index contributed by atoms with van der Waals surface area (Å²) in [6.45, 7) is 0. The van der Waals surface area contributed by atoms with Crippen LogP contribution in [0.5, 0.6) is 0 Å². The molecule has 0 unspecified atom stereocenters. The zero-order valence-corrected chi connectivity index (χ0v) is 8.64. The molecule has 13 heavy (non-hydrogen) atoms. The molecular formula is C8H8ClN3S. The lowest BCUT2D eigenvalue weighted by Crippen LogP contribution is -1.87. The molecule has 0 aliphatic carbocycles. The molecular weight excluding hydrogens is 206 g/mol. The third kappa shape index (κ3) is 1.73. The van der Waals surface area contributed by atoms with Crippen LogP contribution in [-0.2, 0) is 12.9 Å². The number of hydrogen-bond donors (Lipinski definition) is 0. The van der Waals surface area contributed by atoms with Gasteiger partial charge in [0.15, 0.2) is 0 Å². The quantitative estimate of drug-likeness (QED) is 0.717. The monoisotopic (exact) mass is 213 g/mol. The highest BCUT2D eigenvalue weighted by Crippen LogP contribution is 2.24. The van der Waals surface area contributed by atoms with Crippen molar-refractivity contribution in [2.24, 2.45) is 7.05 Å². The van der Waals surface area contributed by atoms with Gasteiger partial charge in [-0.1, -0.05) is 0 Å². The molecule has 0 amide bonds. The molecule has 5 heteroatoms. The van der Waals surface area contributed by atoms with Gasteiger partial charge in [0.05, 0.1) is 5.88 Å². The van der Waals surface area contributed by atoms with Crippen LogP contribution in [0.3, 0.4) is 0 Å². The van der Waals surface area contributed by atoms with Gasteiger partial charge in [-0.25, -0.2) is 4.98 Å². The van der Waals surface area contributed by atoms with Gasteiger partial charge in [-0.15, -0.1) is 22.9 Å². The lowest BCUT2D eigenvalue weighted by Gasteiger charge is -1.86. The summed E-state index contributed by atoms with van der Waals surface area (Å²) in [5, 5.41) is 5.18. The van der Waals surface area contributed by atoms with Gasteiger partial charge in [0.2, 0.25) is 0 Å². The Kier molecular flexibility index (Phi) is 2.33. The highest BCUT2D eigenvalue weighted by molar-refractivity contribution is 7.15. The minimum Gasteiger partial charge on any atom is -0.275 e. The predicted octanol–water partition coefficient (Wildman–Crippen LogP) is 2.28. The third-order valence-corrected chi connectivity index (χ3v) is 3.08. The molecule has 2 aromatic rings. The molecule has 0 aliphatic heterocycles. The Labute approximate surface area is 85.0 Å². The van der Waals surface area contributed by atoms with E-state index in [9.17, 15) is 0 Å². The Bertz CT molecular complexity index is 407. The average molecular weight is 214 g/mol. The highest BCUT2D eigenvalue weighted by Gasteiger charge is 2.05. The fourth-order valence-electron chi connectivity index (χ4n) is 1.02. The first-order valence-corrected chi connectivity index (χ1v) is 5.15. The van der Waals surface area contributed by atoms with Crippen LogP contribution >= 0.6 is 22.9 Å². The SMILES string of the molecule is Cn1ccc(-c2ncc(CCl)s2)n1. The maximum atomic E-state index is 5.68. The molecule has 68 valence electrons. The van der Waals surface area contributed by atoms with Crippen molar-refractivity contribution in [3.05, 3.63) is 23.3 Å². The van der Waals surface area contributed by atoms with E-state index in [2.05, 4.69) is 10.1 Å². The lowest BCUT2D eigenvalue weighted by molar-refractivity contribution is 0.770. The summed E-state index contributed by atoms with van der Waals surface area (Å²) in [7, 11) is 1.89. The number of hydrogen-bond acceptors (Lipinski definition) is 3. The van der Waals surface area contributed by atoms with E-state index < -0.39 is 0 Å². The molecule has 0 N–H and O–H groups in total. The van der Waals surface area contributed by atoms with Crippen LogP contribution in [0.2, 0.25) is 0 Å². The van der Waals surface area contributed by atoms with Crippen molar-refractivity contribution in [3.8, 4) is 10.7 Å². The predicted molar refractivity (Wildman–Crippen MR) is 53.9 cm³/mol. The van der Waals surface area contributed by atoms with Gasteiger partial charge >= 0.3 is 0 Å². The largest absolute Gasteiger partial charge is 0.275 e. The van der Waals surface area contributed by atoms with E-state index in [-0.39, 0.29) is 0 Å². The summed E-state index contributed by atoms with van der Waals surface area (Å²) in [5.74, 6) is 0.518. The number of nitrogens with zero attached hydrogens (tertiary/aromatic N) is 3. The van der Waals surface area contributed by atoms with E-state index in [4.69, 9.17) is 11.6 Å². The number of halogens is 1. The first-order chi connectivity index (χ1) is 6.29. The fraction of sp³-hybridized carbons (Fsp3) is 0.250. The van der Waals surface area contributed by atoms with E-state index in [1.165, 1.54) is 0 Å². The summed E-state index contributed by atoms with van der Waals surface area (Å²) in [4.78, 5) is 5.30. The molecule has 0 fully saturated rings. The lowest BCUT2D eigenvalue weighted by atomic mass is 10.5. The molecule has 0 saturated carbocycles. The Morgan fingerprint density at radius 2 is 2.46 bits per heavy atom. The number of rotatable bonds is 2. The molecule has 0 spiro atoms. The molecule has 0 atom stereocenters. The second kappa shape index (κ2) is 3.47. The van der Waals surface area contributed by atoms with Crippen LogP contribution in [-0.4, -0.2) is 14.8 Å². The van der Waals surface area contributed by atoms with E-state index in [1.807, 2.05) is 19.3 Å². The van der Waals surface area contributed by atoms with Crippen LogP contribution < -0.4 is 0 Å². The summed E-state index contributed by atoms with van der Waals surface area (Å²) in [5.41, 5.74) is 0.906. The number of aryl methyl sites for hydroxylation is 1. The first-order valence-electron chi connectivity index (χ1n) is 3.80. The van der Waals surface area contributed by atoms with Crippen molar-refractivity contribution >= 4 is 22.9 Å². The Morgan fingerprint density at radius 1 is 1.62 bits per heavy atom. The molecule has 0 aromatic carbocycles. The molecule has 2 rings (SSSR count). The molecule has 3 nitrogen and oxygen atoms in total. The molecule has 0 aliphatic rings. The average Bonchev–Trinajstić information content (AvgIpc) is 2.71. The standard InChI is InChI=1S/C8H8ClN3S/c1-12-3-2-7(11-12)8-10-5-6(4-9)13-8/h2-3,5H,4H2,1H3. The van der Waals surface area contributed by atoms with Crippen molar-refractivity contribution in [2.75, 3.05) is 0 Å². The summed E-state index contributed by atoms with van der Waals surface area (Å²) < 4.78 is 1.76. The van der Waals surface area contributed by atoms with Crippen LogP contribution in [0.25, 0.3) is 10.7 Å². The van der Waals surface area contributed by atoms with Crippen molar-refractivity contribution in [1.82, 2.24) is 14.8 Å². The zero-order chi connectivity index (χ0) is 9.26. The molecule has 2 aromatic heterocycles. The fourth-order valence-corrected chi connectivity index (χ4v) is 1.98. The van der Waals surface area contributed by atoms with Gasteiger partial charge in [-0.2, -0.15) is 5.10 Å². The van der Waals surface area contributed by atoms with Crippen molar-refractivity contribution in [1.29, 1.82) is 0 Å². The smallest absolute Gasteiger partial charge is 0.143 e. The topological polar surface area (TPSA) is 30.7 Å². The number of thiazole rings is 1. The number of alkyl halides is 1. The Balaban J connectivity index is 2.35. The highest BCUT2D eigenvalue weighted by atomic mass is 35.5. The second-order valence-corrected chi connectivity index (χ2v) is 4.02. The van der Waals surface area contributed by atoms with Crippen molar-refractivity contribution < 1.29 is 0 Å². The van der Waals surface area contributed by atoms with E-state index in [0.29, 0.717) is 5.88 Å². The van der Waals surface area contributed by atoms with E-state index >= 15 is 0 Å². The van der Waals surface area contributed by atoms with Crippen molar-refractivity contribution in [3.63, 3.8) is 0 Å². The summed E-state index contributed by atoms with van der Waals surface area (Å²) >= 11 is 7.26. The maximum Gasteiger partial charge on any atom is 0.143 e. The Hall–Kier alpha value is -0.870. The summed E-state index contributed by atoms with van der Waals surface area (Å²) in [6, 6.07) is 1.94. The van der Waals surface area contributed by atoms with Gasteiger partial charge in [-0.3, -0.25) is 4.68 Å². The molecule has 0 radical (unpaired) electrons. The first kappa shape index (κ1) is 8.72. The molecule has 0 bridgehead atoms. The van der Waals surface area contributed by atoms with Crippen LogP contribution in [0.15, 0.2) is 18.5 Å². The zero-order valence-electron chi connectivity index (χ0n) is 7.07. The normalized spacial score (nSPS) is 10.6.